The predicted molar refractivity (Wildman–Crippen MR) is 554 cm³/mol. The lowest BCUT2D eigenvalue weighted by Gasteiger charge is -2.40. The number of aromatic nitrogens is 1. The van der Waals surface area contributed by atoms with Gasteiger partial charge < -0.3 is 83.4 Å². The minimum absolute atomic E-state index is 0.0466. The fourth-order valence-corrected chi connectivity index (χ4v) is 21.9. The number of benzene rings is 1. The second-order valence-electron chi connectivity index (χ2n) is 50.2. The quantitative estimate of drug-likeness (QED) is 0.0173. The molecule has 3 unspecified atom stereocenters. The number of Topliss-reactive ketones (excluding diaryl/α,β-unsaturated/α-hetero) is 3. The number of carbonyl (C=O) groups excluding carboxylic acids is 20. The normalized spacial score (nSPS) is 23.4. The van der Waals surface area contributed by atoms with Crippen LogP contribution in [0.4, 0.5) is 14.4 Å². The number of piperidine rings is 4. The highest BCUT2D eigenvalue weighted by Gasteiger charge is 2.73. The van der Waals surface area contributed by atoms with Gasteiger partial charge in [0.15, 0.2) is 0 Å². The summed E-state index contributed by atoms with van der Waals surface area (Å²) in [6, 6.07) is -4.25. The molecular weight excluding hydrogens is 1900 g/mol. The largest absolute Gasteiger partial charge is 0.353 e. The maximum atomic E-state index is 14.4. The molecule has 8 fully saturated rings. The van der Waals surface area contributed by atoms with Crippen molar-refractivity contribution in [3.63, 3.8) is 0 Å². The van der Waals surface area contributed by atoms with Crippen molar-refractivity contribution in [3.8, 4) is 0 Å². The van der Waals surface area contributed by atoms with Crippen LogP contribution in [0.25, 0.3) is 0 Å². The third kappa shape index (κ3) is 26.7. The number of amides is 20. The maximum absolute atomic E-state index is 14.4. The summed E-state index contributed by atoms with van der Waals surface area (Å²) in [5.74, 6) is -8.98. The van der Waals surface area contributed by atoms with Gasteiger partial charge in [0.05, 0.1) is 71.6 Å². The van der Waals surface area contributed by atoms with E-state index in [4.69, 9.17) is 0 Å². The molecule has 12 N–H and O–H groups in total. The maximum Gasteiger partial charge on any atom is 0.315 e. The van der Waals surface area contributed by atoms with E-state index in [1.807, 2.05) is 166 Å². The molecule has 12 rings (SSSR count). The Hall–Kier alpha value is -12.1. The predicted octanol–water partition coefficient (Wildman–Crippen LogP) is 7.93. The number of likely N-dealkylation sites (N-methyl/N-ethyl adjacent to an activating group) is 2. The number of hydrogen-bond acceptors (Lipinski definition) is 21. The summed E-state index contributed by atoms with van der Waals surface area (Å²) < 4.78 is 0. The average molecular weight is 2060 g/mol. The van der Waals surface area contributed by atoms with Gasteiger partial charge in [0.1, 0.15) is 36.3 Å². The third-order valence-corrected chi connectivity index (χ3v) is 31.9. The summed E-state index contributed by atoms with van der Waals surface area (Å²) in [5.41, 5.74) is -3.34. The number of urea groups is 3. The standard InChI is InChI=1S/C37H54N6O7.C36H51N7O7.C36H60N6O6/c1-11-15-23(27(44)30(46)38-12-2)39-29(45)26-25-22(37(25,9)10)18-42(26)33(49)28(36(6,7)8)41-34(50)40-24(35(3,4)5)19-43-31(47)20-16-13-14-17-21(20)32(43)48;1-34(2,3)23(17-43-30(47)19-12-13-38-15-20(19)31(43)48)40-33(50)41-27(35(4,5)6)32(49)42-16-21-24(36(21,7)8)25(42)28(45)39-22(14-18-10-11-18)26(44)29(46)37-9;1-11-13-16-23(28(44)31(46)37-18-12-2)38-30(45)27-26-22(36(26,9)10)20-42(27)32(47)29(35(6,7)8)40-33(48)39-24(34(3,4)5)21-41-19-15-14-17-25(41)43/h13-14,16-17,22-26,28H,11-12,15,18-19H2,1-10H3,(H,38,46)(H,39,45)(H2,40,41,50);12-13,15,18,21-25,27H,10-11,14,16-17H2,1-9H3,(H,37,46)(H,39,45)(H2,40,41,50);12,22-24,26-27,29H,2,11,13-21H2,1,3-10H3,(H,37,46)(H,38,45)(H2,39,40,48)/t22-,23?,24+,25-,26-,28+;21-,22?,23+,24-,25-,27+;22-,23?,24+,26-,27-,29+/m000/s1. The van der Waals surface area contributed by atoms with Crippen molar-refractivity contribution >= 4 is 118 Å². The van der Waals surface area contributed by atoms with Crippen LogP contribution in [-0.2, 0) is 62.3 Å². The van der Waals surface area contributed by atoms with Crippen LogP contribution in [-0.4, -0.2) is 291 Å². The molecule has 7 heterocycles. The van der Waals surface area contributed by atoms with E-state index in [0.717, 1.165) is 41.9 Å². The van der Waals surface area contributed by atoms with Gasteiger partial charge in [0.25, 0.3) is 41.4 Å². The highest BCUT2D eigenvalue weighted by molar-refractivity contribution is 6.39. The highest BCUT2D eigenvalue weighted by atomic mass is 16.2. The summed E-state index contributed by atoms with van der Waals surface area (Å²) in [7, 11) is 1.37. The number of nitrogens with zero attached hydrogens (tertiary/aromatic N) is 7. The number of fused-ring (bicyclic) bond motifs is 5. The zero-order valence-corrected chi connectivity index (χ0v) is 92.2. The van der Waals surface area contributed by atoms with Crippen molar-refractivity contribution < 1.29 is 95.9 Å². The first-order chi connectivity index (χ1) is 68.6. The lowest BCUT2D eigenvalue weighted by atomic mass is 9.84. The second-order valence-corrected chi connectivity index (χ2v) is 50.2. The first kappa shape index (κ1) is 118. The van der Waals surface area contributed by atoms with Crippen LogP contribution in [0.1, 0.15) is 299 Å². The van der Waals surface area contributed by atoms with Gasteiger partial charge in [0, 0.05) is 71.7 Å². The Kier molecular flexibility index (Phi) is 36.4. The van der Waals surface area contributed by atoms with Gasteiger partial charge in [-0.05, 0) is 147 Å². The number of rotatable bonds is 37. The molecule has 0 radical (unpaired) electrons. The molecule has 4 saturated heterocycles. The Morgan fingerprint density at radius 2 is 0.791 bits per heavy atom. The lowest BCUT2D eigenvalue weighted by Crippen LogP contribution is -2.63. The zero-order valence-electron chi connectivity index (χ0n) is 92.2. The van der Waals surface area contributed by atoms with Gasteiger partial charge in [-0.3, -0.25) is 96.3 Å². The molecule has 20 amide bonds. The lowest BCUT2D eigenvalue weighted by molar-refractivity contribution is -0.145. The number of pyridine rings is 1. The highest BCUT2D eigenvalue weighted by Crippen LogP contribution is 2.67. The minimum Gasteiger partial charge on any atom is -0.353 e. The van der Waals surface area contributed by atoms with Crippen LogP contribution in [0.5, 0.6) is 0 Å². The molecule has 1 aromatic heterocycles. The molecule has 10 aliphatic rings. The first-order valence-electron chi connectivity index (χ1n) is 52.7. The van der Waals surface area contributed by atoms with E-state index < -0.39 is 200 Å². The molecule has 18 atom stereocenters. The molecule has 148 heavy (non-hydrogen) atoms. The van der Waals surface area contributed by atoms with Crippen LogP contribution < -0.4 is 63.8 Å². The van der Waals surface area contributed by atoms with Gasteiger partial charge in [-0.1, -0.05) is 230 Å². The topological polar surface area (TPSA) is 518 Å². The summed E-state index contributed by atoms with van der Waals surface area (Å²) >= 11 is 0. The van der Waals surface area contributed by atoms with E-state index in [0.29, 0.717) is 76.0 Å². The Balaban J connectivity index is 0.000000227. The van der Waals surface area contributed by atoms with Gasteiger partial charge in [-0.15, -0.1) is 6.58 Å². The summed E-state index contributed by atoms with van der Waals surface area (Å²) in [5, 5.41) is 33.3. The monoisotopic (exact) mass is 2060 g/mol. The number of imide groups is 2. The smallest absolute Gasteiger partial charge is 0.315 e. The molecule has 1 aromatic carbocycles. The molecule has 6 aliphatic heterocycles. The molecular formula is C109H165N19O20. The molecule has 4 saturated carbocycles. The third-order valence-electron chi connectivity index (χ3n) is 31.9. The van der Waals surface area contributed by atoms with Gasteiger partial charge in [-0.2, -0.15) is 0 Å². The van der Waals surface area contributed by atoms with E-state index in [2.05, 4.69) is 89.2 Å². The summed E-state index contributed by atoms with van der Waals surface area (Å²) in [6.07, 6.45) is 11.3. The van der Waals surface area contributed by atoms with Crippen molar-refractivity contribution in [2.24, 2.45) is 90.2 Å². The summed E-state index contributed by atoms with van der Waals surface area (Å²) in [4.78, 5) is 280. The number of unbranched alkanes of at least 4 members (excludes halogenated alkanes) is 1. The number of hydrogen-bond donors (Lipinski definition) is 12. The fraction of sp³-hybridized carbons (Fsp3) is 0.697. The Morgan fingerprint density at radius 1 is 0.432 bits per heavy atom. The van der Waals surface area contributed by atoms with Crippen molar-refractivity contribution in [1.82, 2.24) is 98.2 Å². The van der Waals surface area contributed by atoms with Crippen LogP contribution >= 0.6 is 0 Å². The van der Waals surface area contributed by atoms with Crippen LogP contribution in [0, 0.1) is 90.2 Å². The van der Waals surface area contributed by atoms with E-state index in [1.54, 1.807) is 41.0 Å². The first-order valence-corrected chi connectivity index (χ1v) is 52.7. The van der Waals surface area contributed by atoms with Gasteiger partial charge >= 0.3 is 18.1 Å². The van der Waals surface area contributed by atoms with Crippen molar-refractivity contribution in [1.29, 1.82) is 0 Å². The number of carbonyl (C=O) groups is 20. The molecule has 0 bridgehead atoms. The summed E-state index contributed by atoms with van der Waals surface area (Å²) in [6.45, 7) is 57.3. The SMILES string of the molecule is C=CCNC(=O)C(=O)C(CCCC)NC(=O)[C@@H]1[C@@H]2[C@H](CN1C(=O)[C@@H](NC(=O)N[C@H](CN1CCCCC1=O)C(C)(C)C)C(C)(C)C)C2(C)C.CCCC(NC(=O)[C@@H]1[C@@H]2[C@H](CN1C(=O)[C@@H](NC(=O)N[C@H](CN1C(=O)c3ccccc3C1=O)C(C)(C)C)C(C)(C)C)C2(C)C)C(=O)C(=O)NCC.CNC(=O)C(=O)C(CC1CC1)NC(=O)[C@@H]1[C@@H]2[C@H](CN1C(=O)[C@@H](NC(=O)N[C@H](CN1C(=O)c3ccncc3C1=O)C(C)(C)C)C(C)(C)C)C2(C)C. The van der Waals surface area contributed by atoms with Gasteiger partial charge in [0.2, 0.25) is 58.7 Å². The fourth-order valence-electron chi connectivity index (χ4n) is 21.9. The van der Waals surface area contributed by atoms with E-state index in [-0.39, 0.29) is 125 Å². The Bertz CT molecular complexity index is 5380. The zero-order chi connectivity index (χ0) is 111. The molecule has 4 aliphatic carbocycles. The second kappa shape index (κ2) is 45.8. The van der Waals surface area contributed by atoms with E-state index >= 15 is 0 Å². The molecule has 2 aromatic rings. The number of likely N-dealkylation sites (tertiary alicyclic amines) is 4. The number of ketones is 3. The van der Waals surface area contributed by atoms with Crippen LogP contribution in [0.2, 0.25) is 0 Å². The minimum atomic E-state index is -1.06. The Morgan fingerprint density at radius 3 is 1.13 bits per heavy atom. The molecule has 0 spiro atoms. The van der Waals surface area contributed by atoms with Crippen molar-refractivity contribution in [2.75, 3.05) is 66.0 Å². The molecule has 39 heteroatoms. The molecule has 816 valence electrons. The molecule has 39 nitrogen and oxygen atoms in total. The van der Waals surface area contributed by atoms with Crippen LogP contribution in [0.15, 0.2) is 55.4 Å². The van der Waals surface area contributed by atoms with Crippen molar-refractivity contribution in [2.45, 2.75) is 330 Å². The van der Waals surface area contributed by atoms with E-state index in [9.17, 15) is 95.9 Å². The average Bonchev–Trinajstić information content (AvgIpc) is 1.53. The van der Waals surface area contributed by atoms with Crippen LogP contribution in [0.3, 0.4) is 0 Å². The van der Waals surface area contributed by atoms with Crippen molar-refractivity contribution in [3.05, 3.63) is 77.6 Å². The Labute approximate surface area is 871 Å². The van der Waals surface area contributed by atoms with Gasteiger partial charge in [-0.25, -0.2) is 14.4 Å². The number of nitrogens with one attached hydrogen (secondary N) is 12. The van der Waals surface area contributed by atoms with E-state index in [1.165, 1.54) is 41.4 Å².